The molecule has 1 aliphatic heterocycles. The highest BCUT2D eigenvalue weighted by atomic mass is 32.2. The first-order chi connectivity index (χ1) is 25.0. The van der Waals surface area contributed by atoms with Crippen molar-refractivity contribution in [1.29, 1.82) is 0 Å². The highest BCUT2D eigenvalue weighted by Gasteiger charge is 2.70. The van der Waals surface area contributed by atoms with Gasteiger partial charge in [-0.3, -0.25) is 19.2 Å². The van der Waals surface area contributed by atoms with Gasteiger partial charge in [0, 0.05) is 25.9 Å². The Labute approximate surface area is 315 Å². The van der Waals surface area contributed by atoms with E-state index in [0.717, 1.165) is 6.42 Å². The van der Waals surface area contributed by atoms with Gasteiger partial charge in [-0.25, -0.2) is 13.2 Å². The Balaban J connectivity index is 1.56. The van der Waals surface area contributed by atoms with Gasteiger partial charge in [-0.15, -0.1) is 12.3 Å². The molecule has 16 heteroatoms. The Morgan fingerprint density at radius 2 is 1.63 bits per heavy atom. The molecule has 0 spiro atoms. The maximum Gasteiger partial charge on any atom is 0.389 e. The number of benzene rings is 1. The van der Waals surface area contributed by atoms with Crippen LogP contribution in [0.4, 0.5) is 18.0 Å². The molecule has 3 aliphatic rings. The van der Waals surface area contributed by atoms with E-state index < -0.39 is 98.8 Å². The maximum atomic E-state index is 14.4. The number of terminal acetylenes is 1. The molecule has 4 N–H and O–H groups in total. The molecule has 1 heterocycles. The number of nitrogens with zero attached hydrogens (tertiary/aromatic N) is 1. The molecular formula is C38H52F3N5O7S. The summed E-state index contributed by atoms with van der Waals surface area (Å²) >= 11 is 0. The minimum absolute atomic E-state index is 0.0741. The number of hydrogen-bond donors (Lipinski definition) is 4. The van der Waals surface area contributed by atoms with E-state index in [4.69, 9.17) is 6.42 Å². The molecule has 0 aromatic heterocycles. The smallest absolute Gasteiger partial charge is 0.348 e. The molecule has 54 heavy (non-hydrogen) atoms. The Kier molecular flexibility index (Phi) is 12.9. The van der Waals surface area contributed by atoms with E-state index in [9.17, 15) is 45.6 Å². The summed E-state index contributed by atoms with van der Waals surface area (Å²) in [4.78, 5) is 69.3. The van der Waals surface area contributed by atoms with Crippen LogP contribution in [0.2, 0.25) is 0 Å². The molecule has 4 rings (SSSR count). The zero-order valence-electron chi connectivity index (χ0n) is 31.5. The zero-order chi connectivity index (χ0) is 40.3. The molecule has 1 aromatic carbocycles. The lowest BCUT2D eigenvalue weighted by Crippen LogP contribution is -2.63. The van der Waals surface area contributed by atoms with Gasteiger partial charge in [0.25, 0.3) is 5.91 Å². The van der Waals surface area contributed by atoms with Crippen LogP contribution in [0.1, 0.15) is 86.0 Å². The van der Waals surface area contributed by atoms with Gasteiger partial charge in [-0.2, -0.15) is 13.2 Å². The highest BCUT2D eigenvalue weighted by Crippen LogP contribution is 2.65. The van der Waals surface area contributed by atoms with Crippen molar-refractivity contribution in [1.82, 2.24) is 26.2 Å². The molecular weight excluding hydrogens is 728 g/mol. The first kappa shape index (κ1) is 42.6. The fourth-order valence-corrected chi connectivity index (χ4v) is 9.80. The molecule has 298 valence electrons. The summed E-state index contributed by atoms with van der Waals surface area (Å²) < 4.78 is 66.7. The van der Waals surface area contributed by atoms with Crippen molar-refractivity contribution in [3.8, 4) is 12.3 Å². The van der Waals surface area contributed by atoms with Crippen LogP contribution < -0.4 is 21.3 Å². The largest absolute Gasteiger partial charge is 0.389 e. The quantitative estimate of drug-likeness (QED) is 0.126. The zero-order valence-corrected chi connectivity index (χ0v) is 32.3. The lowest BCUT2D eigenvalue weighted by atomic mass is 9.83. The van der Waals surface area contributed by atoms with E-state index in [1.54, 1.807) is 39.0 Å². The normalized spacial score (nSPS) is 22.8. The summed E-state index contributed by atoms with van der Waals surface area (Å²) in [6, 6.07) is 2.93. The Morgan fingerprint density at radius 1 is 1.00 bits per heavy atom. The predicted octanol–water partition coefficient (Wildman–Crippen LogP) is 3.90. The van der Waals surface area contributed by atoms with Crippen LogP contribution in [0.5, 0.6) is 0 Å². The van der Waals surface area contributed by atoms with Crippen LogP contribution in [0, 0.1) is 35.0 Å². The average Bonchev–Trinajstić information content (AvgIpc) is 3.38. The summed E-state index contributed by atoms with van der Waals surface area (Å²) in [5.74, 6) is -2.62. The number of halogens is 3. The number of ketones is 1. The predicted molar refractivity (Wildman–Crippen MR) is 194 cm³/mol. The van der Waals surface area contributed by atoms with E-state index in [0.29, 0.717) is 25.7 Å². The summed E-state index contributed by atoms with van der Waals surface area (Å²) in [5.41, 5.74) is -2.44. The van der Waals surface area contributed by atoms with Gasteiger partial charge in [0.2, 0.25) is 17.6 Å². The third kappa shape index (κ3) is 10.1. The number of carbonyl (C=O) groups excluding carboxylic acids is 5. The molecule has 12 nitrogen and oxygen atoms in total. The van der Waals surface area contributed by atoms with E-state index in [1.807, 2.05) is 13.8 Å². The molecule has 0 bridgehead atoms. The molecule has 5 amide bonds. The fraction of sp³-hybridized carbons (Fsp3) is 0.658. The molecule has 5 atom stereocenters. The van der Waals surface area contributed by atoms with Crippen LogP contribution in [0.3, 0.4) is 0 Å². The molecule has 1 unspecified atom stereocenters. The van der Waals surface area contributed by atoms with Crippen molar-refractivity contribution in [3.05, 3.63) is 30.3 Å². The number of urea groups is 1. The number of piperidine rings is 1. The van der Waals surface area contributed by atoms with Gasteiger partial charge in [0.05, 0.1) is 22.2 Å². The van der Waals surface area contributed by atoms with E-state index in [-0.39, 0.29) is 36.1 Å². The number of Topliss-reactive ketones (excluding diaryl/α,β-unsaturated/α-hetero) is 1. The molecule has 3 fully saturated rings. The van der Waals surface area contributed by atoms with Gasteiger partial charge in [-0.1, -0.05) is 72.1 Å². The SMILES string of the molecule is C#CCCNC(=O)C(=O)C(CCC(F)(F)F)NC(=O)[C@@H]1[C@@H]2[C@H](CN1C(=O)[C@@H](NC(=O)NC1(CS(=O)(=O)c3ccccc3)CCCCC1)C(C)(C)C)C2(C)C. The fourth-order valence-electron chi connectivity index (χ4n) is 7.97. The number of amides is 5. The number of carbonyl (C=O) groups is 5. The summed E-state index contributed by atoms with van der Waals surface area (Å²) in [7, 11) is -3.80. The van der Waals surface area contributed by atoms with Gasteiger partial charge in [0.15, 0.2) is 9.84 Å². The van der Waals surface area contributed by atoms with Gasteiger partial charge in [0.1, 0.15) is 12.1 Å². The average molecular weight is 780 g/mol. The monoisotopic (exact) mass is 779 g/mol. The van der Waals surface area contributed by atoms with Crippen LogP contribution in [0.15, 0.2) is 35.2 Å². The Morgan fingerprint density at radius 3 is 2.20 bits per heavy atom. The van der Waals surface area contributed by atoms with Crippen LogP contribution in [0.25, 0.3) is 0 Å². The second-order valence-corrected chi connectivity index (χ2v) is 18.5. The van der Waals surface area contributed by atoms with Gasteiger partial charge < -0.3 is 26.2 Å². The Bertz CT molecular complexity index is 1730. The summed E-state index contributed by atoms with van der Waals surface area (Å²) in [6.45, 7) is 8.96. The summed E-state index contributed by atoms with van der Waals surface area (Å²) in [5, 5.41) is 10.3. The minimum atomic E-state index is -4.68. The van der Waals surface area contributed by atoms with Crippen LogP contribution in [-0.4, -0.2) is 91.5 Å². The van der Waals surface area contributed by atoms with Crippen molar-refractivity contribution in [3.63, 3.8) is 0 Å². The van der Waals surface area contributed by atoms with E-state index in [2.05, 4.69) is 27.2 Å². The minimum Gasteiger partial charge on any atom is -0.348 e. The number of fused-ring (bicyclic) bond motifs is 1. The first-order valence-corrected chi connectivity index (χ1v) is 20.0. The number of rotatable bonds is 14. The number of hydrogen-bond acceptors (Lipinski definition) is 7. The van der Waals surface area contributed by atoms with E-state index >= 15 is 0 Å². The van der Waals surface area contributed by atoms with E-state index in [1.165, 1.54) is 17.0 Å². The highest BCUT2D eigenvalue weighted by molar-refractivity contribution is 7.91. The molecule has 0 radical (unpaired) electrons. The number of alkyl halides is 3. The van der Waals surface area contributed by atoms with Crippen molar-refractivity contribution >= 4 is 39.4 Å². The summed E-state index contributed by atoms with van der Waals surface area (Å²) in [6.07, 6.45) is 1.27. The second kappa shape index (κ2) is 16.3. The van der Waals surface area contributed by atoms with Crippen molar-refractivity contribution in [2.45, 2.75) is 121 Å². The number of sulfone groups is 1. The number of nitrogens with one attached hydrogen (secondary N) is 4. The molecule has 2 saturated carbocycles. The van der Waals surface area contributed by atoms with Gasteiger partial charge >= 0.3 is 12.2 Å². The maximum absolute atomic E-state index is 14.4. The van der Waals surface area contributed by atoms with Gasteiger partial charge in [-0.05, 0) is 54.1 Å². The van der Waals surface area contributed by atoms with Crippen molar-refractivity contribution in [2.24, 2.45) is 22.7 Å². The number of likely N-dealkylation sites (tertiary alicyclic amines) is 1. The topological polar surface area (TPSA) is 171 Å². The lowest BCUT2D eigenvalue weighted by molar-refractivity contribution is -0.148. The molecule has 2 aliphatic carbocycles. The first-order valence-electron chi connectivity index (χ1n) is 18.3. The van der Waals surface area contributed by atoms with Crippen LogP contribution in [-0.2, 0) is 29.0 Å². The van der Waals surface area contributed by atoms with Crippen LogP contribution >= 0.6 is 0 Å². The third-order valence-corrected chi connectivity index (χ3v) is 13.0. The standard InChI is InChI=1S/C38H52F3N5O7S/c1-7-8-21-42-32(49)29(47)26(17-20-38(39,40)41)43-31(48)28-27-25(36(27,5)6)22-46(28)33(50)30(35(2,3)4)44-34(51)45-37(18-13-10-14-19-37)23-54(52,53)24-15-11-9-12-16-24/h1,9,11-12,15-16,25-28,30H,8,10,13-14,17-23H2,2-6H3,(H,42,49)(H,43,48)(H2,44,45,51)/t25-,26?,27-,28-,30+/m0/s1. The molecule has 1 aromatic rings. The Hall–Kier alpha value is -4.13. The second-order valence-electron chi connectivity index (χ2n) is 16.5. The third-order valence-electron chi connectivity index (χ3n) is 11.0. The van der Waals surface area contributed by atoms with Crippen molar-refractivity contribution < 1.29 is 45.6 Å². The lowest BCUT2D eigenvalue weighted by Gasteiger charge is -2.40. The van der Waals surface area contributed by atoms with Crippen molar-refractivity contribution in [2.75, 3.05) is 18.8 Å². The molecule has 1 saturated heterocycles.